The quantitative estimate of drug-likeness (QED) is 0.551. The van der Waals surface area contributed by atoms with Crippen molar-refractivity contribution in [3.63, 3.8) is 0 Å². The molecule has 6 nitrogen and oxygen atoms in total. The SMILES string of the molecule is CCN(CC)CCN(C(=O)c1ccccc1)c1nc2cc3c(cc2s1)OCO3.Cl. The molecular formula is C21H24ClN3O3S. The molecule has 2 aromatic carbocycles. The fraction of sp³-hybridized carbons (Fsp3) is 0.333. The predicted octanol–water partition coefficient (Wildman–Crippen LogP) is 4.44. The number of fused-ring (bicyclic) bond motifs is 2. The van der Waals surface area contributed by atoms with Crippen molar-refractivity contribution >= 4 is 45.0 Å². The van der Waals surface area contributed by atoms with Crippen LogP contribution in [0, 0.1) is 0 Å². The number of carbonyl (C=O) groups excluding carboxylic acids is 1. The van der Waals surface area contributed by atoms with E-state index in [1.54, 1.807) is 4.90 Å². The van der Waals surface area contributed by atoms with E-state index in [-0.39, 0.29) is 25.1 Å². The molecule has 29 heavy (non-hydrogen) atoms. The molecule has 1 amide bonds. The van der Waals surface area contributed by atoms with E-state index in [9.17, 15) is 4.79 Å². The normalized spacial score (nSPS) is 12.2. The summed E-state index contributed by atoms with van der Waals surface area (Å²) in [5, 5.41) is 0.694. The molecule has 1 aromatic heterocycles. The smallest absolute Gasteiger partial charge is 0.260 e. The molecule has 2 heterocycles. The zero-order chi connectivity index (χ0) is 19.5. The Bertz CT molecular complexity index is 935. The number of halogens is 1. The molecule has 3 aromatic rings. The molecule has 154 valence electrons. The topological polar surface area (TPSA) is 54.9 Å². The Labute approximate surface area is 180 Å². The highest BCUT2D eigenvalue weighted by Crippen LogP contribution is 2.40. The molecule has 0 atom stereocenters. The molecule has 0 spiro atoms. The van der Waals surface area contributed by atoms with Gasteiger partial charge in [-0.3, -0.25) is 9.69 Å². The number of likely N-dealkylation sites (N-methyl/N-ethyl adjacent to an activating group) is 1. The number of hydrogen-bond donors (Lipinski definition) is 0. The Morgan fingerprint density at radius 3 is 2.45 bits per heavy atom. The van der Waals surface area contributed by atoms with Gasteiger partial charge in [0.25, 0.3) is 5.91 Å². The Morgan fingerprint density at radius 1 is 1.07 bits per heavy atom. The third-order valence-corrected chi connectivity index (χ3v) is 5.94. The predicted molar refractivity (Wildman–Crippen MR) is 119 cm³/mol. The first-order valence-corrected chi connectivity index (χ1v) is 10.3. The van der Waals surface area contributed by atoms with E-state index in [2.05, 4.69) is 18.7 Å². The molecule has 0 bridgehead atoms. The molecule has 0 saturated heterocycles. The fourth-order valence-electron chi connectivity index (χ4n) is 3.22. The van der Waals surface area contributed by atoms with Crippen molar-refractivity contribution in [2.24, 2.45) is 0 Å². The lowest BCUT2D eigenvalue weighted by Crippen LogP contribution is -2.38. The average Bonchev–Trinajstić information content (AvgIpc) is 3.35. The second kappa shape index (κ2) is 9.43. The van der Waals surface area contributed by atoms with Gasteiger partial charge >= 0.3 is 0 Å². The number of benzene rings is 2. The lowest BCUT2D eigenvalue weighted by Gasteiger charge is -2.24. The molecule has 0 aliphatic carbocycles. The Balaban J connectivity index is 0.00000240. The number of carbonyl (C=O) groups is 1. The third kappa shape index (κ3) is 4.47. The summed E-state index contributed by atoms with van der Waals surface area (Å²) in [6.45, 7) is 7.78. The summed E-state index contributed by atoms with van der Waals surface area (Å²) in [6, 6.07) is 13.2. The zero-order valence-corrected chi connectivity index (χ0v) is 18.1. The van der Waals surface area contributed by atoms with Gasteiger partial charge in [-0.05, 0) is 25.2 Å². The van der Waals surface area contributed by atoms with Crippen molar-refractivity contribution in [1.29, 1.82) is 0 Å². The van der Waals surface area contributed by atoms with Crippen LogP contribution in [0.2, 0.25) is 0 Å². The largest absolute Gasteiger partial charge is 0.454 e. The molecule has 0 radical (unpaired) electrons. The van der Waals surface area contributed by atoms with Crippen LogP contribution in [0.4, 0.5) is 5.13 Å². The highest BCUT2D eigenvalue weighted by molar-refractivity contribution is 7.22. The minimum absolute atomic E-state index is 0. The Morgan fingerprint density at radius 2 is 1.76 bits per heavy atom. The molecule has 1 aliphatic rings. The Hall–Kier alpha value is -2.35. The van der Waals surface area contributed by atoms with E-state index in [0.717, 1.165) is 35.6 Å². The van der Waals surface area contributed by atoms with Crippen molar-refractivity contribution < 1.29 is 14.3 Å². The van der Waals surface area contributed by atoms with Gasteiger partial charge in [0.05, 0.1) is 10.2 Å². The maximum atomic E-state index is 13.2. The monoisotopic (exact) mass is 433 g/mol. The molecule has 1 aliphatic heterocycles. The van der Waals surface area contributed by atoms with Crippen molar-refractivity contribution in [1.82, 2.24) is 9.88 Å². The van der Waals surface area contributed by atoms with Gasteiger partial charge < -0.3 is 14.4 Å². The highest BCUT2D eigenvalue weighted by Gasteiger charge is 2.23. The van der Waals surface area contributed by atoms with Crippen molar-refractivity contribution in [2.45, 2.75) is 13.8 Å². The van der Waals surface area contributed by atoms with E-state index < -0.39 is 0 Å². The van der Waals surface area contributed by atoms with Crippen LogP contribution in [0.15, 0.2) is 42.5 Å². The summed E-state index contributed by atoms with van der Waals surface area (Å²) in [6.07, 6.45) is 0. The van der Waals surface area contributed by atoms with Crippen LogP contribution < -0.4 is 14.4 Å². The van der Waals surface area contributed by atoms with E-state index in [4.69, 9.17) is 14.5 Å². The molecule has 0 saturated carbocycles. The third-order valence-electron chi connectivity index (χ3n) is 4.90. The minimum Gasteiger partial charge on any atom is -0.454 e. The van der Waals surface area contributed by atoms with Crippen LogP contribution >= 0.6 is 23.7 Å². The maximum Gasteiger partial charge on any atom is 0.260 e. The number of nitrogens with zero attached hydrogens (tertiary/aromatic N) is 3. The first-order chi connectivity index (χ1) is 13.7. The minimum atomic E-state index is -0.0353. The van der Waals surface area contributed by atoms with Gasteiger partial charge in [-0.15, -0.1) is 12.4 Å². The fourth-order valence-corrected chi connectivity index (χ4v) is 4.22. The van der Waals surface area contributed by atoms with Crippen LogP contribution in [0.1, 0.15) is 24.2 Å². The molecule has 8 heteroatoms. The lowest BCUT2D eigenvalue weighted by molar-refractivity contribution is 0.0984. The first kappa shape index (κ1) is 21.4. The van der Waals surface area contributed by atoms with Gasteiger partial charge in [0.1, 0.15) is 0 Å². The number of rotatable bonds is 7. The van der Waals surface area contributed by atoms with Crippen LogP contribution in [0.25, 0.3) is 10.2 Å². The number of anilines is 1. The van der Waals surface area contributed by atoms with E-state index in [0.29, 0.717) is 23.0 Å². The van der Waals surface area contributed by atoms with Crippen molar-refractivity contribution in [2.75, 3.05) is 37.9 Å². The lowest BCUT2D eigenvalue weighted by atomic mass is 10.2. The van der Waals surface area contributed by atoms with Gasteiger partial charge in [-0.1, -0.05) is 43.4 Å². The number of amides is 1. The Kier molecular flexibility index (Phi) is 6.95. The van der Waals surface area contributed by atoms with E-state index in [1.807, 2.05) is 42.5 Å². The van der Waals surface area contributed by atoms with Gasteiger partial charge in [-0.25, -0.2) is 4.98 Å². The molecule has 0 fully saturated rings. The van der Waals surface area contributed by atoms with Crippen molar-refractivity contribution in [3.05, 3.63) is 48.0 Å². The summed E-state index contributed by atoms with van der Waals surface area (Å²) >= 11 is 1.50. The summed E-state index contributed by atoms with van der Waals surface area (Å²) < 4.78 is 11.9. The van der Waals surface area contributed by atoms with Gasteiger partial charge in [-0.2, -0.15) is 0 Å². The summed E-state index contributed by atoms with van der Waals surface area (Å²) in [7, 11) is 0. The van der Waals surface area contributed by atoms with E-state index in [1.165, 1.54) is 11.3 Å². The van der Waals surface area contributed by atoms with E-state index >= 15 is 0 Å². The van der Waals surface area contributed by atoms with Gasteiger partial charge in [0.2, 0.25) is 6.79 Å². The maximum absolute atomic E-state index is 13.2. The van der Waals surface area contributed by atoms with Crippen LogP contribution in [-0.4, -0.2) is 48.8 Å². The van der Waals surface area contributed by atoms with Crippen LogP contribution in [0.5, 0.6) is 11.5 Å². The molecule has 0 unspecified atom stereocenters. The number of hydrogen-bond acceptors (Lipinski definition) is 6. The van der Waals surface area contributed by atoms with Crippen LogP contribution in [-0.2, 0) is 0 Å². The van der Waals surface area contributed by atoms with Crippen LogP contribution in [0.3, 0.4) is 0 Å². The second-order valence-electron chi connectivity index (χ2n) is 6.52. The number of ether oxygens (including phenoxy) is 2. The summed E-state index contributed by atoms with van der Waals surface area (Å²) in [4.78, 5) is 22.1. The molecular weight excluding hydrogens is 410 g/mol. The first-order valence-electron chi connectivity index (χ1n) is 9.49. The number of thiazole rings is 1. The summed E-state index contributed by atoms with van der Waals surface area (Å²) in [5.41, 5.74) is 1.48. The highest BCUT2D eigenvalue weighted by atomic mass is 35.5. The molecule has 4 rings (SSSR count). The number of aromatic nitrogens is 1. The van der Waals surface area contributed by atoms with Gasteiger partial charge in [0.15, 0.2) is 16.6 Å². The summed E-state index contributed by atoms with van der Waals surface area (Å²) in [5.74, 6) is 1.40. The zero-order valence-electron chi connectivity index (χ0n) is 16.5. The second-order valence-corrected chi connectivity index (χ2v) is 7.53. The average molecular weight is 434 g/mol. The standard InChI is InChI=1S/C21H23N3O3S.ClH/c1-3-23(4-2)10-11-24(20(25)15-8-6-5-7-9-15)21-22-16-12-17-18(27-14-26-17)13-19(16)28-21;/h5-9,12-13H,3-4,10-11,14H2,1-2H3;1H. The van der Waals surface area contributed by atoms with Crippen molar-refractivity contribution in [3.8, 4) is 11.5 Å². The van der Waals surface area contributed by atoms with Gasteiger partial charge in [0, 0.05) is 30.8 Å². The molecule has 0 N–H and O–H groups in total.